The number of rotatable bonds is 10. The number of unbranched alkanes of at least 4 members (excludes halogenated alkanes) is 2. The maximum absolute atomic E-state index is 12.3. The lowest BCUT2D eigenvalue weighted by molar-refractivity contribution is 0.186. The Labute approximate surface area is 244 Å². The van der Waals surface area contributed by atoms with Crippen LogP contribution in [0.4, 0.5) is 15.5 Å². The van der Waals surface area contributed by atoms with Crippen molar-refractivity contribution in [1.29, 1.82) is 5.26 Å². The van der Waals surface area contributed by atoms with Crippen molar-refractivity contribution in [3.63, 3.8) is 0 Å². The quantitative estimate of drug-likeness (QED) is 0.215. The van der Waals surface area contributed by atoms with Gasteiger partial charge in [-0.2, -0.15) is 10.4 Å². The second-order valence-corrected chi connectivity index (χ2v) is 9.80. The molecule has 2 aromatic carbocycles. The van der Waals surface area contributed by atoms with Crippen LogP contribution in [0.15, 0.2) is 61.2 Å². The Hall–Kier alpha value is -4.43. The first kappa shape index (κ1) is 31.1. The van der Waals surface area contributed by atoms with Gasteiger partial charge >= 0.3 is 12.1 Å². The van der Waals surface area contributed by atoms with E-state index in [9.17, 15) is 14.9 Å². The van der Waals surface area contributed by atoms with E-state index in [1.54, 1.807) is 23.1 Å². The number of imidazole rings is 1. The maximum atomic E-state index is 12.3. The lowest BCUT2D eigenvalue weighted by Gasteiger charge is -2.27. The number of para-hydroxylation sites is 2. The van der Waals surface area contributed by atoms with Gasteiger partial charge in [0.2, 0.25) is 5.95 Å². The number of hydrogen-bond donors (Lipinski definition) is 2. The van der Waals surface area contributed by atoms with E-state index in [1.165, 1.54) is 18.0 Å². The highest BCUT2D eigenvalue weighted by Gasteiger charge is 2.32. The molecule has 0 spiro atoms. The average Bonchev–Trinajstić information content (AvgIpc) is 3.63. The highest BCUT2D eigenvalue weighted by atomic mass is 35.5. The van der Waals surface area contributed by atoms with E-state index in [0.717, 1.165) is 37.7 Å². The molecule has 11 nitrogen and oxygen atoms in total. The fourth-order valence-corrected chi connectivity index (χ4v) is 4.34. The van der Waals surface area contributed by atoms with Crippen LogP contribution >= 0.6 is 11.6 Å². The lowest BCUT2D eigenvalue weighted by atomic mass is 9.77. The Morgan fingerprint density at radius 1 is 1.10 bits per heavy atom. The minimum absolute atomic E-state index is 0.136. The first-order valence-corrected chi connectivity index (χ1v) is 13.9. The molecule has 4 aromatic rings. The maximum Gasteiger partial charge on any atom is 0.413 e. The molecule has 1 unspecified atom stereocenters. The summed E-state index contributed by atoms with van der Waals surface area (Å²) in [5.41, 5.74) is 1.63. The summed E-state index contributed by atoms with van der Waals surface area (Å²) in [7, 11) is 1.25. The minimum atomic E-state index is -0.673. The number of aromatic nitrogens is 5. The Bertz CT molecular complexity index is 1450. The van der Waals surface area contributed by atoms with Crippen LogP contribution < -0.4 is 10.6 Å². The standard InChI is InChI=1S/C15H17ClN4.C14H18N4O3/c1-2-3-8-15(9-17,10-20-12-18-11-19-20)13-4-6-14(16)7-5-13;1-3-4-9-15-13(19)18-11-8-6-5-7-10(11)16-12(18)17-14(20)21-2/h4-7,11-12H,2-3,8,10H2,1H3;5-8H,3-4,9H2,1-2H3,(H,15,19)(H,16,17,20). The molecular weight excluding hydrogens is 544 g/mol. The number of nitriles is 1. The highest BCUT2D eigenvalue weighted by Crippen LogP contribution is 2.32. The molecule has 0 radical (unpaired) electrons. The molecule has 2 heterocycles. The Morgan fingerprint density at radius 2 is 1.83 bits per heavy atom. The number of fused-ring (bicyclic) bond motifs is 1. The molecule has 1 atom stereocenters. The van der Waals surface area contributed by atoms with Gasteiger partial charge in [0.15, 0.2) is 0 Å². The summed E-state index contributed by atoms with van der Waals surface area (Å²) in [6.45, 7) is 5.24. The van der Waals surface area contributed by atoms with Crippen molar-refractivity contribution in [1.82, 2.24) is 29.6 Å². The van der Waals surface area contributed by atoms with Crippen molar-refractivity contribution in [2.45, 2.75) is 57.9 Å². The van der Waals surface area contributed by atoms with Gasteiger partial charge in [0.1, 0.15) is 18.1 Å². The van der Waals surface area contributed by atoms with Gasteiger partial charge in [0, 0.05) is 11.6 Å². The van der Waals surface area contributed by atoms with Gasteiger partial charge in [-0.05, 0) is 42.7 Å². The first-order valence-electron chi connectivity index (χ1n) is 13.5. The zero-order valence-electron chi connectivity index (χ0n) is 23.5. The minimum Gasteiger partial charge on any atom is -0.453 e. The van der Waals surface area contributed by atoms with E-state index in [4.69, 9.17) is 11.6 Å². The molecule has 216 valence electrons. The highest BCUT2D eigenvalue weighted by molar-refractivity contribution is 6.30. The number of amides is 2. The van der Waals surface area contributed by atoms with Crippen molar-refractivity contribution in [2.75, 3.05) is 19.0 Å². The number of nitrogens with one attached hydrogen (secondary N) is 2. The Kier molecular flexibility index (Phi) is 11.7. The Morgan fingerprint density at radius 3 is 2.46 bits per heavy atom. The molecule has 0 aliphatic carbocycles. The third-order valence-corrected chi connectivity index (χ3v) is 6.69. The zero-order valence-corrected chi connectivity index (χ0v) is 24.3. The van der Waals surface area contributed by atoms with E-state index < -0.39 is 11.5 Å². The van der Waals surface area contributed by atoms with E-state index in [0.29, 0.717) is 29.1 Å². The van der Waals surface area contributed by atoms with E-state index >= 15 is 0 Å². The SMILES string of the molecule is CCCCC(C#N)(Cn1cncn1)c1ccc(Cl)cc1.CCCCNC(=O)n1c(NC(=O)OC)nc2ccccc21. The molecule has 4 rings (SSSR count). The zero-order chi connectivity index (χ0) is 29.7. The number of carbonyl (C=O) groups excluding carboxylic acids is 2. The number of anilines is 1. The third kappa shape index (κ3) is 8.28. The molecule has 0 aliphatic heterocycles. The van der Waals surface area contributed by atoms with Crippen molar-refractivity contribution in [2.24, 2.45) is 0 Å². The molecular formula is C29H35ClN8O3. The van der Waals surface area contributed by atoms with Gasteiger partial charge in [-0.25, -0.2) is 24.1 Å². The number of hydrogen-bond acceptors (Lipinski definition) is 7. The van der Waals surface area contributed by atoms with Crippen molar-refractivity contribution in [3.8, 4) is 6.07 Å². The van der Waals surface area contributed by atoms with Crippen molar-refractivity contribution in [3.05, 3.63) is 71.8 Å². The van der Waals surface area contributed by atoms with Crippen LogP contribution in [0.5, 0.6) is 0 Å². The van der Waals surface area contributed by atoms with Crippen molar-refractivity contribution < 1.29 is 14.3 Å². The van der Waals surface area contributed by atoms with Crippen LogP contribution in [0.25, 0.3) is 11.0 Å². The van der Waals surface area contributed by atoms with Gasteiger partial charge in [-0.15, -0.1) is 0 Å². The summed E-state index contributed by atoms with van der Waals surface area (Å²) in [6, 6.07) is 16.8. The lowest BCUT2D eigenvalue weighted by Crippen LogP contribution is -2.31. The summed E-state index contributed by atoms with van der Waals surface area (Å²) in [5, 5.41) is 19.8. The molecule has 2 aromatic heterocycles. The molecule has 0 saturated carbocycles. The van der Waals surface area contributed by atoms with Crippen LogP contribution in [0, 0.1) is 11.3 Å². The molecule has 0 aliphatic rings. The number of carbonyl (C=O) groups is 2. The summed E-state index contributed by atoms with van der Waals surface area (Å²) in [4.78, 5) is 31.9. The molecule has 0 saturated heterocycles. The number of halogens is 1. The van der Waals surface area contributed by atoms with Crippen LogP contribution in [0.1, 0.15) is 51.5 Å². The third-order valence-electron chi connectivity index (χ3n) is 6.44. The molecule has 2 N–H and O–H groups in total. The van der Waals surface area contributed by atoms with Gasteiger partial charge in [-0.1, -0.05) is 69.0 Å². The second-order valence-electron chi connectivity index (χ2n) is 9.36. The fraction of sp³-hybridized carbons (Fsp3) is 0.379. The molecule has 41 heavy (non-hydrogen) atoms. The number of methoxy groups -OCH3 is 1. The topological polar surface area (TPSA) is 140 Å². The largest absolute Gasteiger partial charge is 0.453 e. The summed E-state index contributed by atoms with van der Waals surface area (Å²) >= 11 is 5.94. The number of nitrogens with zero attached hydrogens (tertiary/aromatic N) is 6. The van der Waals surface area contributed by atoms with Crippen LogP contribution in [-0.2, 0) is 16.7 Å². The molecule has 2 amide bonds. The smallest absolute Gasteiger partial charge is 0.413 e. The van der Waals surface area contributed by atoms with Gasteiger partial charge in [-0.3, -0.25) is 10.00 Å². The van der Waals surface area contributed by atoms with Crippen LogP contribution in [-0.4, -0.2) is 50.1 Å². The van der Waals surface area contributed by atoms with Gasteiger partial charge in [0.25, 0.3) is 0 Å². The monoisotopic (exact) mass is 578 g/mol. The fourth-order valence-electron chi connectivity index (χ4n) is 4.22. The van der Waals surface area contributed by atoms with Crippen molar-refractivity contribution >= 4 is 40.7 Å². The summed E-state index contributed by atoms with van der Waals surface area (Å²) in [5.74, 6) is 0.136. The van der Waals surface area contributed by atoms with Gasteiger partial charge in [0.05, 0.1) is 30.8 Å². The van der Waals surface area contributed by atoms with E-state index in [2.05, 4.69) is 43.4 Å². The Balaban J connectivity index is 0.000000226. The predicted molar refractivity (Wildman–Crippen MR) is 158 cm³/mol. The number of benzene rings is 2. The van der Waals surface area contributed by atoms with Gasteiger partial charge < -0.3 is 10.1 Å². The van der Waals surface area contributed by atoms with E-state index in [-0.39, 0.29) is 12.0 Å². The number of ether oxygens (including phenoxy) is 1. The second kappa shape index (κ2) is 15.4. The molecule has 0 bridgehead atoms. The van der Waals surface area contributed by atoms with Crippen LogP contribution in [0.3, 0.4) is 0 Å². The molecule has 12 heteroatoms. The summed E-state index contributed by atoms with van der Waals surface area (Å²) in [6.07, 6.45) is 7.17. The average molecular weight is 579 g/mol. The molecule has 0 fully saturated rings. The normalized spacial score (nSPS) is 12.0. The predicted octanol–water partition coefficient (Wildman–Crippen LogP) is 6.16. The first-order chi connectivity index (χ1) is 19.9. The van der Waals surface area contributed by atoms with Crippen LogP contribution in [0.2, 0.25) is 5.02 Å². The van der Waals surface area contributed by atoms with E-state index in [1.807, 2.05) is 43.3 Å². The summed E-state index contributed by atoms with van der Waals surface area (Å²) < 4.78 is 7.60.